The normalized spacial score (nSPS) is 18.0. The highest BCUT2D eigenvalue weighted by Crippen LogP contribution is 2.18. The molecule has 1 aliphatic heterocycles. The molecule has 1 aliphatic rings. The van der Waals surface area contributed by atoms with Gasteiger partial charge in [-0.25, -0.2) is 13.2 Å². The highest BCUT2D eigenvalue weighted by Gasteiger charge is 2.34. The van der Waals surface area contributed by atoms with Gasteiger partial charge in [0.25, 0.3) is 11.8 Å². The first-order valence-corrected chi connectivity index (χ1v) is 12.2. The van der Waals surface area contributed by atoms with Crippen molar-refractivity contribution in [2.75, 3.05) is 24.7 Å². The molecule has 1 N–H and O–H groups in total. The van der Waals surface area contributed by atoms with E-state index >= 15 is 0 Å². The number of furan rings is 1. The average Bonchev–Trinajstić information content (AvgIpc) is 3.43. The molecule has 32 heavy (non-hydrogen) atoms. The minimum atomic E-state index is -3.16. The molecule has 2 heterocycles. The molecule has 2 amide bonds. The van der Waals surface area contributed by atoms with Crippen molar-refractivity contribution in [3.05, 3.63) is 60.1 Å². The first-order valence-electron chi connectivity index (χ1n) is 10.3. The number of benzene rings is 1. The maximum Gasteiger partial charge on any atom is 0.329 e. The van der Waals surface area contributed by atoms with Crippen LogP contribution < -0.4 is 5.32 Å². The summed E-state index contributed by atoms with van der Waals surface area (Å²) in [5, 5.41) is 2.59. The lowest BCUT2D eigenvalue weighted by atomic mass is 10.1. The highest BCUT2D eigenvalue weighted by molar-refractivity contribution is 7.91. The zero-order chi connectivity index (χ0) is 23.1. The lowest BCUT2D eigenvalue weighted by Crippen LogP contribution is -2.46. The van der Waals surface area contributed by atoms with Crippen LogP contribution in [0.4, 0.5) is 0 Å². The van der Waals surface area contributed by atoms with Crippen LogP contribution in [0.25, 0.3) is 0 Å². The van der Waals surface area contributed by atoms with Crippen molar-refractivity contribution in [3.63, 3.8) is 0 Å². The van der Waals surface area contributed by atoms with E-state index in [0.717, 1.165) is 5.56 Å². The van der Waals surface area contributed by atoms with E-state index in [0.29, 0.717) is 13.0 Å². The summed E-state index contributed by atoms with van der Waals surface area (Å²) in [4.78, 5) is 39.2. The van der Waals surface area contributed by atoms with Gasteiger partial charge in [0.15, 0.2) is 22.2 Å². The monoisotopic (exact) mass is 462 g/mol. The Morgan fingerprint density at radius 3 is 2.53 bits per heavy atom. The second-order valence-electron chi connectivity index (χ2n) is 7.54. The van der Waals surface area contributed by atoms with Gasteiger partial charge in [-0.05, 0) is 31.0 Å². The molecule has 0 spiro atoms. The Labute approximate surface area is 186 Å². The van der Waals surface area contributed by atoms with E-state index < -0.39 is 46.3 Å². The van der Waals surface area contributed by atoms with E-state index in [9.17, 15) is 22.8 Å². The number of amides is 2. The van der Waals surface area contributed by atoms with Crippen LogP contribution in [-0.2, 0) is 30.6 Å². The Kier molecular flexibility index (Phi) is 7.68. The van der Waals surface area contributed by atoms with Crippen molar-refractivity contribution in [2.24, 2.45) is 0 Å². The predicted octanol–water partition coefficient (Wildman–Crippen LogP) is 1.20. The minimum absolute atomic E-state index is 0.0409. The Bertz CT molecular complexity index is 1040. The standard InChI is InChI=1S/C22H26N2O7S/c1-2-24(17-10-12-32(28,29)15-17)20(25)14-31-22(27)18(13-16-7-4-3-5-8-16)23-21(26)19-9-6-11-30-19/h3-9,11,17-18H,2,10,12-15H2,1H3,(H,23,26)/t17?,18-/m0/s1. The van der Waals surface area contributed by atoms with Crippen LogP contribution in [0.5, 0.6) is 0 Å². The van der Waals surface area contributed by atoms with Crippen molar-refractivity contribution >= 4 is 27.6 Å². The molecule has 0 aliphatic carbocycles. The van der Waals surface area contributed by atoms with Crippen LogP contribution in [0, 0.1) is 0 Å². The number of carbonyl (C=O) groups is 3. The third-order valence-corrected chi connectivity index (χ3v) is 7.02. The lowest BCUT2D eigenvalue weighted by molar-refractivity contribution is -0.154. The third kappa shape index (κ3) is 6.19. The summed E-state index contributed by atoms with van der Waals surface area (Å²) in [6.07, 6.45) is 1.88. The fraction of sp³-hybridized carbons (Fsp3) is 0.409. The molecule has 3 rings (SSSR count). The topological polar surface area (TPSA) is 123 Å². The number of hydrogen-bond donors (Lipinski definition) is 1. The number of esters is 1. The van der Waals surface area contributed by atoms with E-state index in [1.165, 1.54) is 17.2 Å². The van der Waals surface area contributed by atoms with Gasteiger partial charge in [0.2, 0.25) is 0 Å². The number of likely N-dealkylation sites (N-methyl/N-ethyl adjacent to an activating group) is 1. The van der Waals surface area contributed by atoms with E-state index in [-0.39, 0.29) is 23.7 Å². The van der Waals surface area contributed by atoms with Gasteiger partial charge in [-0.3, -0.25) is 9.59 Å². The molecule has 1 fully saturated rings. The zero-order valence-corrected chi connectivity index (χ0v) is 18.5. The molecule has 1 unspecified atom stereocenters. The van der Waals surface area contributed by atoms with Crippen LogP contribution in [-0.4, -0.2) is 67.8 Å². The predicted molar refractivity (Wildman–Crippen MR) is 116 cm³/mol. The van der Waals surface area contributed by atoms with Crippen LogP contribution in [0.1, 0.15) is 29.5 Å². The third-order valence-electron chi connectivity index (χ3n) is 5.27. The Morgan fingerprint density at radius 2 is 1.94 bits per heavy atom. The van der Waals surface area contributed by atoms with E-state index in [4.69, 9.17) is 9.15 Å². The zero-order valence-electron chi connectivity index (χ0n) is 17.7. The van der Waals surface area contributed by atoms with Gasteiger partial charge >= 0.3 is 5.97 Å². The minimum Gasteiger partial charge on any atom is -0.459 e. The van der Waals surface area contributed by atoms with Gasteiger partial charge in [-0.2, -0.15) is 0 Å². The summed E-state index contributed by atoms with van der Waals surface area (Å²) < 4.78 is 33.8. The van der Waals surface area contributed by atoms with Crippen LogP contribution in [0.2, 0.25) is 0 Å². The first-order chi connectivity index (χ1) is 15.3. The summed E-state index contributed by atoms with van der Waals surface area (Å²) in [5.74, 6) is -1.82. The van der Waals surface area contributed by atoms with Crippen LogP contribution in [0.15, 0.2) is 53.1 Å². The Balaban J connectivity index is 1.64. The van der Waals surface area contributed by atoms with Crippen molar-refractivity contribution in [3.8, 4) is 0 Å². The largest absolute Gasteiger partial charge is 0.459 e. The number of hydrogen-bond acceptors (Lipinski definition) is 7. The SMILES string of the molecule is CCN(C(=O)COC(=O)[C@H](Cc1ccccc1)NC(=O)c1ccco1)C1CCS(=O)(=O)C1. The average molecular weight is 463 g/mol. The molecule has 1 aromatic carbocycles. The number of ether oxygens (including phenoxy) is 1. The lowest BCUT2D eigenvalue weighted by Gasteiger charge is -2.27. The summed E-state index contributed by atoms with van der Waals surface area (Å²) in [5.41, 5.74) is 0.798. The maximum atomic E-state index is 12.8. The van der Waals surface area contributed by atoms with Crippen LogP contribution >= 0.6 is 0 Å². The van der Waals surface area contributed by atoms with E-state index in [1.54, 1.807) is 13.0 Å². The number of rotatable bonds is 9. The summed E-state index contributed by atoms with van der Waals surface area (Å²) in [7, 11) is -3.16. The smallest absolute Gasteiger partial charge is 0.329 e. The van der Waals surface area contributed by atoms with Crippen LogP contribution in [0.3, 0.4) is 0 Å². The molecular formula is C22H26N2O7S. The molecule has 0 saturated carbocycles. The fourth-order valence-electron chi connectivity index (χ4n) is 3.66. The summed E-state index contributed by atoms with van der Waals surface area (Å²) >= 11 is 0. The fourth-order valence-corrected chi connectivity index (χ4v) is 5.39. The molecule has 9 nitrogen and oxygen atoms in total. The first kappa shape index (κ1) is 23.5. The van der Waals surface area contributed by atoms with Crippen molar-refractivity contribution in [1.82, 2.24) is 10.2 Å². The molecule has 1 aromatic heterocycles. The van der Waals surface area contributed by atoms with Gasteiger partial charge < -0.3 is 19.4 Å². The number of nitrogens with zero attached hydrogens (tertiary/aromatic N) is 1. The molecule has 2 atom stereocenters. The maximum absolute atomic E-state index is 12.8. The molecular weight excluding hydrogens is 436 g/mol. The van der Waals surface area contributed by atoms with Crippen molar-refractivity contribution in [1.29, 1.82) is 0 Å². The van der Waals surface area contributed by atoms with E-state index in [1.807, 2.05) is 30.3 Å². The molecule has 172 valence electrons. The molecule has 1 saturated heterocycles. The van der Waals surface area contributed by atoms with Crippen molar-refractivity contribution in [2.45, 2.75) is 31.8 Å². The Morgan fingerprint density at radius 1 is 1.19 bits per heavy atom. The quantitative estimate of drug-likeness (QED) is 0.556. The summed E-state index contributed by atoms with van der Waals surface area (Å²) in [6, 6.07) is 10.6. The Hall–Kier alpha value is -3.14. The number of sulfone groups is 1. The van der Waals surface area contributed by atoms with Gasteiger partial charge in [-0.1, -0.05) is 30.3 Å². The second kappa shape index (κ2) is 10.4. The molecule has 2 aromatic rings. The van der Waals surface area contributed by atoms with E-state index in [2.05, 4.69) is 5.32 Å². The van der Waals surface area contributed by atoms with Gasteiger partial charge in [-0.15, -0.1) is 0 Å². The molecule has 10 heteroatoms. The number of nitrogens with one attached hydrogen (secondary N) is 1. The van der Waals surface area contributed by atoms with Crippen molar-refractivity contribution < 1.29 is 32.0 Å². The summed E-state index contributed by atoms with van der Waals surface area (Å²) in [6.45, 7) is 1.51. The molecule has 0 bridgehead atoms. The van der Waals surface area contributed by atoms with Gasteiger partial charge in [0, 0.05) is 19.0 Å². The highest BCUT2D eigenvalue weighted by atomic mass is 32.2. The second-order valence-corrected chi connectivity index (χ2v) is 9.77. The number of carbonyl (C=O) groups excluding carboxylic acids is 3. The molecule has 0 radical (unpaired) electrons. The van der Waals surface area contributed by atoms with Gasteiger partial charge in [0.1, 0.15) is 6.04 Å². The van der Waals surface area contributed by atoms with Gasteiger partial charge in [0.05, 0.1) is 17.8 Å².